The standard InChI is InChI=1S/C51H79NO13/c1-31(26-35(5)45(55)47(64-10)46(56)36(6)28-34(4)41(53)23-19-32(2)27-38-21-24-42(54)44(29-38)63-9)16-12-11-13-17-33(3)43(62-8)30-39-22-20-37(7)51(61,65-39)48(57)49(58)52-25-15-14-18-40(52)50(59)60/h11-13,16-17,19,23,28,31-32,34-35,37-40,42-44,46-47,54,56,61H,14-15,18,20-22,24-27,29-30H2,1-10H3,(H,59,60)/b13-11+,16-12+,23-19-,33-17+,36-28+/t31-,32+,34-,35-,37-,38+,39+,40+,42-,43+,44-,46-,47+,51-/m1/s1. The molecule has 0 bridgehead atoms. The third-order valence-corrected chi connectivity index (χ3v) is 13.7. The van der Waals surface area contributed by atoms with Crippen LogP contribution >= 0.6 is 0 Å². The largest absolute Gasteiger partial charge is 0.480 e. The number of aliphatic carboxylic acids is 1. The summed E-state index contributed by atoms with van der Waals surface area (Å²) in [4.78, 5) is 66.1. The summed E-state index contributed by atoms with van der Waals surface area (Å²) < 4.78 is 22.7. The Bertz CT molecular complexity index is 1750. The molecule has 14 nitrogen and oxygen atoms in total. The highest BCUT2D eigenvalue weighted by atomic mass is 16.6. The Kier molecular flexibility index (Phi) is 22.8. The van der Waals surface area contributed by atoms with Gasteiger partial charge in [0.1, 0.15) is 18.2 Å². The summed E-state index contributed by atoms with van der Waals surface area (Å²) in [7, 11) is 4.58. The van der Waals surface area contributed by atoms with Crippen molar-refractivity contribution in [1.82, 2.24) is 4.90 Å². The molecule has 0 aromatic carbocycles. The minimum absolute atomic E-state index is 0.0173. The molecule has 0 aromatic rings. The van der Waals surface area contributed by atoms with Crippen LogP contribution < -0.4 is 0 Å². The van der Waals surface area contributed by atoms with Gasteiger partial charge in [-0.05, 0) is 113 Å². The molecule has 0 unspecified atom stereocenters. The lowest BCUT2D eigenvalue weighted by atomic mass is 9.80. The number of carboxylic acids is 1. The quantitative estimate of drug-likeness (QED) is 0.0353. The second-order valence-electron chi connectivity index (χ2n) is 19.0. The molecule has 65 heavy (non-hydrogen) atoms. The lowest BCUT2D eigenvalue weighted by Crippen LogP contribution is -2.60. The van der Waals surface area contributed by atoms with Crippen LogP contribution in [0.15, 0.2) is 59.8 Å². The Morgan fingerprint density at radius 3 is 2.22 bits per heavy atom. The molecule has 14 heteroatoms. The summed E-state index contributed by atoms with van der Waals surface area (Å²) in [6.07, 6.45) is 17.4. The summed E-state index contributed by atoms with van der Waals surface area (Å²) in [5.74, 6) is -7.06. The number of likely N-dealkylation sites (tertiary alicyclic amines) is 1. The molecule has 3 rings (SSSR count). The minimum Gasteiger partial charge on any atom is -0.480 e. The summed E-state index contributed by atoms with van der Waals surface area (Å²) in [6.45, 7) is 13.0. The molecule has 3 aliphatic rings. The Morgan fingerprint density at radius 1 is 0.862 bits per heavy atom. The molecule has 0 aromatic heterocycles. The topological polar surface area (TPSA) is 206 Å². The predicted molar refractivity (Wildman–Crippen MR) is 247 cm³/mol. The second-order valence-corrected chi connectivity index (χ2v) is 19.0. The monoisotopic (exact) mass is 914 g/mol. The number of carbonyl (C=O) groups excluding carboxylic acids is 4. The molecule has 2 saturated heterocycles. The van der Waals surface area contributed by atoms with Crippen molar-refractivity contribution in [2.45, 2.75) is 168 Å². The van der Waals surface area contributed by atoms with Crippen molar-refractivity contribution in [1.29, 1.82) is 0 Å². The Labute approximate surface area is 387 Å². The molecule has 0 radical (unpaired) electrons. The fourth-order valence-corrected chi connectivity index (χ4v) is 9.48. The third-order valence-electron chi connectivity index (χ3n) is 13.7. The maximum Gasteiger partial charge on any atom is 0.326 e. The van der Waals surface area contributed by atoms with E-state index in [-0.39, 0.29) is 42.5 Å². The van der Waals surface area contributed by atoms with Gasteiger partial charge in [-0.1, -0.05) is 77.2 Å². The number of hydrogen-bond donors (Lipinski definition) is 4. The van der Waals surface area contributed by atoms with Crippen LogP contribution in [0.25, 0.3) is 0 Å². The number of allylic oxidation sites excluding steroid dienone is 8. The number of ether oxygens (including phenoxy) is 4. The van der Waals surface area contributed by atoms with Crippen LogP contribution in [0, 0.1) is 35.5 Å². The molecule has 2 heterocycles. The molecule has 1 amide bonds. The number of ketones is 3. The van der Waals surface area contributed by atoms with Gasteiger partial charge in [-0.15, -0.1) is 0 Å². The highest BCUT2D eigenvalue weighted by Crippen LogP contribution is 2.37. The van der Waals surface area contributed by atoms with Crippen molar-refractivity contribution in [3.05, 3.63) is 59.8 Å². The first-order valence-corrected chi connectivity index (χ1v) is 23.6. The van der Waals surface area contributed by atoms with Gasteiger partial charge in [0.2, 0.25) is 5.79 Å². The number of piperidine rings is 1. The van der Waals surface area contributed by atoms with Crippen molar-refractivity contribution in [2.24, 2.45) is 35.5 Å². The van der Waals surface area contributed by atoms with Crippen molar-refractivity contribution in [3.8, 4) is 0 Å². The van der Waals surface area contributed by atoms with E-state index in [0.717, 1.165) is 29.7 Å². The number of methoxy groups -OCH3 is 3. The molecule has 1 saturated carbocycles. The maximum absolute atomic E-state index is 13.5. The van der Waals surface area contributed by atoms with Gasteiger partial charge < -0.3 is 44.3 Å². The van der Waals surface area contributed by atoms with Gasteiger partial charge in [0.25, 0.3) is 11.7 Å². The van der Waals surface area contributed by atoms with Crippen molar-refractivity contribution in [2.75, 3.05) is 27.9 Å². The van der Waals surface area contributed by atoms with Crippen LogP contribution in [-0.4, -0.2) is 131 Å². The number of carboxylic acid groups (broad SMARTS) is 1. The summed E-state index contributed by atoms with van der Waals surface area (Å²) in [5, 5.41) is 42.4. The fraction of sp³-hybridized carbons (Fsp3) is 0.706. The van der Waals surface area contributed by atoms with Crippen LogP contribution in [0.3, 0.4) is 0 Å². The molecule has 0 spiro atoms. The first-order chi connectivity index (χ1) is 30.7. The first-order valence-electron chi connectivity index (χ1n) is 23.6. The van der Waals surface area contributed by atoms with Gasteiger partial charge in [-0.2, -0.15) is 0 Å². The molecular formula is C51H79NO13. The predicted octanol–water partition coefficient (Wildman–Crippen LogP) is 6.51. The zero-order chi connectivity index (χ0) is 48.6. The minimum atomic E-state index is -2.38. The van der Waals surface area contributed by atoms with Crippen LogP contribution in [0.4, 0.5) is 0 Å². The summed E-state index contributed by atoms with van der Waals surface area (Å²) >= 11 is 0. The smallest absolute Gasteiger partial charge is 0.326 e. The lowest BCUT2D eigenvalue weighted by Gasteiger charge is -2.42. The molecular weight excluding hydrogens is 835 g/mol. The highest BCUT2D eigenvalue weighted by Gasteiger charge is 2.52. The highest BCUT2D eigenvalue weighted by molar-refractivity contribution is 6.39. The van der Waals surface area contributed by atoms with E-state index in [0.29, 0.717) is 56.4 Å². The van der Waals surface area contributed by atoms with Gasteiger partial charge in [0.05, 0.1) is 24.4 Å². The molecule has 1 aliphatic carbocycles. The van der Waals surface area contributed by atoms with Crippen LogP contribution in [0.1, 0.15) is 119 Å². The molecule has 2 aliphatic heterocycles. The van der Waals surface area contributed by atoms with Gasteiger partial charge in [-0.25, -0.2) is 4.79 Å². The zero-order valence-corrected chi connectivity index (χ0v) is 40.5. The number of aliphatic hydroxyl groups excluding tert-OH is 2. The van der Waals surface area contributed by atoms with E-state index in [4.69, 9.17) is 18.9 Å². The molecule has 366 valence electrons. The SMILES string of the molecule is CO[C@@H](C[C@@H]1CC[C@@H](C)[C@](O)(C(=O)C(=O)N2CCCC[C@H]2C(=O)O)O1)/C(C)=C/C=C/C=C/[C@@H](C)C[C@@H](C)C(=O)[C@H](OC)[C@H](O)/C(C)=C/[C@@H](C)C(=O)/C=C\[C@H](C)C[C@@H]1CC[C@@H](O)[C@H](OC)C1. The van der Waals surface area contributed by atoms with E-state index in [1.165, 1.54) is 7.11 Å². The molecule has 3 fully saturated rings. The third kappa shape index (κ3) is 16.0. The number of rotatable bonds is 24. The van der Waals surface area contributed by atoms with Gasteiger partial charge in [-0.3, -0.25) is 19.2 Å². The van der Waals surface area contributed by atoms with E-state index in [1.807, 2.05) is 57.2 Å². The van der Waals surface area contributed by atoms with Crippen molar-refractivity contribution in [3.63, 3.8) is 0 Å². The maximum atomic E-state index is 13.5. The number of carbonyl (C=O) groups is 5. The van der Waals surface area contributed by atoms with Crippen molar-refractivity contribution >= 4 is 29.2 Å². The van der Waals surface area contributed by atoms with Gasteiger partial charge in [0.15, 0.2) is 11.6 Å². The molecule has 14 atom stereocenters. The van der Waals surface area contributed by atoms with E-state index >= 15 is 0 Å². The van der Waals surface area contributed by atoms with Crippen LogP contribution in [0.5, 0.6) is 0 Å². The van der Waals surface area contributed by atoms with Gasteiger partial charge >= 0.3 is 5.97 Å². The van der Waals surface area contributed by atoms with Crippen molar-refractivity contribution < 1.29 is 63.3 Å². The number of amides is 1. The molecule has 4 N–H and O–H groups in total. The van der Waals surface area contributed by atoms with E-state index in [2.05, 4.69) is 6.92 Å². The average Bonchev–Trinajstić information content (AvgIpc) is 3.28. The van der Waals surface area contributed by atoms with E-state index < -0.39 is 77.8 Å². The first kappa shape index (κ1) is 55.7. The number of aliphatic hydroxyl groups is 3. The fourth-order valence-electron chi connectivity index (χ4n) is 9.48. The second kappa shape index (κ2) is 26.6. The zero-order valence-electron chi connectivity index (χ0n) is 40.5. The summed E-state index contributed by atoms with van der Waals surface area (Å²) in [6, 6.07) is -1.12. The Morgan fingerprint density at radius 2 is 1.57 bits per heavy atom. The Hall–Kier alpha value is -3.63. The lowest BCUT2D eigenvalue weighted by molar-refractivity contribution is -0.265. The number of Topliss-reactive ketones (excluding diaryl/α,β-unsaturated/α-hetero) is 2. The van der Waals surface area contributed by atoms with Crippen LogP contribution in [-0.2, 0) is 42.9 Å². The number of nitrogens with zero attached hydrogens (tertiary/aromatic N) is 1. The Balaban J connectivity index is 1.51. The van der Waals surface area contributed by atoms with E-state index in [9.17, 15) is 44.4 Å². The summed E-state index contributed by atoms with van der Waals surface area (Å²) in [5.41, 5.74) is 1.35. The van der Waals surface area contributed by atoms with Gasteiger partial charge in [0, 0.05) is 52.0 Å². The van der Waals surface area contributed by atoms with Crippen LogP contribution in [0.2, 0.25) is 0 Å². The van der Waals surface area contributed by atoms with E-state index in [1.54, 1.807) is 47.1 Å². The average molecular weight is 914 g/mol. The number of hydrogen-bond acceptors (Lipinski definition) is 12. The normalized spacial score (nSPS) is 29.3.